The lowest BCUT2D eigenvalue weighted by molar-refractivity contribution is 0.0662. The van der Waals surface area contributed by atoms with Gasteiger partial charge in [0, 0.05) is 0 Å². The minimum Gasteiger partial charge on any atom is -0.475 e. The van der Waals surface area contributed by atoms with Gasteiger partial charge in [0.2, 0.25) is 11.7 Å². The van der Waals surface area contributed by atoms with Crippen molar-refractivity contribution >= 4 is 17.6 Å². The Morgan fingerprint density at radius 3 is 2.82 bits per heavy atom. The van der Waals surface area contributed by atoms with Crippen molar-refractivity contribution in [2.75, 3.05) is 0 Å². The summed E-state index contributed by atoms with van der Waals surface area (Å²) in [5, 5.41) is 8.72. The molecule has 1 heterocycles. The number of carboxylic acid groups (broad SMARTS) is 1. The van der Waals surface area contributed by atoms with E-state index >= 15 is 0 Å². The van der Waals surface area contributed by atoms with Gasteiger partial charge in [-0.15, -0.1) is 0 Å². The Balaban J connectivity index is 2.58. The van der Waals surface area contributed by atoms with Gasteiger partial charge in [-0.1, -0.05) is 17.7 Å². The van der Waals surface area contributed by atoms with E-state index in [0.717, 1.165) is 0 Å². The molecule has 88 valence electrons. The molecule has 0 radical (unpaired) electrons. The van der Waals surface area contributed by atoms with Gasteiger partial charge in [-0.25, -0.2) is 14.2 Å². The van der Waals surface area contributed by atoms with Crippen molar-refractivity contribution in [3.8, 4) is 11.5 Å². The number of benzene rings is 1. The zero-order valence-corrected chi connectivity index (χ0v) is 9.45. The number of aryl methyl sites for hydroxylation is 1. The zero-order valence-electron chi connectivity index (χ0n) is 8.70. The van der Waals surface area contributed by atoms with Crippen molar-refractivity contribution in [3.63, 3.8) is 0 Å². The van der Waals surface area contributed by atoms with Gasteiger partial charge in [-0.2, -0.15) is 0 Å². The first-order valence-electron chi connectivity index (χ1n) is 4.66. The van der Waals surface area contributed by atoms with Gasteiger partial charge in [0.25, 0.3) is 0 Å². The van der Waals surface area contributed by atoms with E-state index in [-0.39, 0.29) is 27.9 Å². The van der Waals surface area contributed by atoms with E-state index in [1.165, 1.54) is 25.1 Å². The van der Waals surface area contributed by atoms with Crippen molar-refractivity contribution in [2.45, 2.75) is 6.92 Å². The molecule has 0 bridgehead atoms. The van der Waals surface area contributed by atoms with Crippen LogP contribution in [0.1, 0.15) is 16.2 Å². The second kappa shape index (κ2) is 4.18. The molecule has 1 aromatic carbocycles. The lowest BCUT2D eigenvalue weighted by Gasteiger charge is -1.99. The van der Waals surface area contributed by atoms with E-state index < -0.39 is 11.8 Å². The molecule has 1 N–H and O–H groups in total. The molecule has 0 saturated carbocycles. The fourth-order valence-electron chi connectivity index (χ4n) is 1.38. The third kappa shape index (κ3) is 2.01. The topological polar surface area (TPSA) is 63.3 Å². The van der Waals surface area contributed by atoms with Gasteiger partial charge in [0.05, 0.1) is 16.3 Å². The molecule has 1 aromatic heterocycles. The van der Waals surface area contributed by atoms with E-state index in [0.29, 0.717) is 0 Å². The molecule has 17 heavy (non-hydrogen) atoms. The first-order valence-corrected chi connectivity index (χ1v) is 5.03. The number of hydrogen-bond acceptors (Lipinski definition) is 3. The summed E-state index contributed by atoms with van der Waals surface area (Å²) in [6, 6.07) is 4.33. The lowest BCUT2D eigenvalue weighted by Crippen LogP contribution is -1.95. The number of carbonyl (C=O) groups is 1. The SMILES string of the molecule is Cc1nc(-c2cccc(Cl)c2F)oc1C(=O)O. The predicted molar refractivity (Wildman–Crippen MR) is 58.6 cm³/mol. The van der Waals surface area contributed by atoms with Crippen LogP contribution in [0.3, 0.4) is 0 Å². The smallest absolute Gasteiger partial charge is 0.373 e. The van der Waals surface area contributed by atoms with Gasteiger partial charge < -0.3 is 9.52 Å². The number of aromatic carboxylic acids is 1. The van der Waals surface area contributed by atoms with Gasteiger partial charge >= 0.3 is 5.97 Å². The molecule has 0 spiro atoms. The van der Waals surface area contributed by atoms with Crippen molar-refractivity contribution in [3.05, 3.63) is 40.5 Å². The Bertz CT molecular complexity index is 594. The number of rotatable bonds is 2. The third-order valence-electron chi connectivity index (χ3n) is 2.17. The van der Waals surface area contributed by atoms with Crippen LogP contribution in [-0.2, 0) is 0 Å². The highest BCUT2D eigenvalue weighted by Gasteiger charge is 2.19. The van der Waals surface area contributed by atoms with Crippen molar-refractivity contribution < 1.29 is 18.7 Å². The largest absolute Gasteiger partial charge is 0.475 e. The highest BCUT2D eigenvalue weighted by Crippen LogP contribution is 2.28. The predicted octanol–water partition coefficient (Wildman–Crippen LogP) is 3.14. The van der Waals surface area contributed by atoms with E-state index in [4.69, 9.17) is 21.1 Å². The Morgan fingerprint density at radius 1 is 1.53 bits per heavy atom. The summed E-state index contributed by atoms with van der Waals surface area (Å²) in [6.07, 6.45) is 0. The Labute approximate surface area is 101 Å². The summed E-state index contributed by atoms with van der Waals surface area (Å²) < 4.78 is 18.6. The minimum absolute atomic E-state index is 0.0353. The average molecular weight is 256 g/mol. The quantitative estimate of drug-likeness (QED) is 0.895. The Morgan fingerprint density at radius 2 is 2.24 bits per heavy atom. The molecule has 0 amide bonds. The number of hydrogen-bond donors (Lipinski definition) is 1. The Hall–Kier alpha value is -1.88. The second-order valence-corrected chi connectivity index (χ2v) is 3.75. The third-order valence-corrected chi connectivity index (χ3v) is 2.46. The zero-order chi connectivity index (χ0) is 12.6. The minimum atomic E-state index is -1.25. The molecule has 0 aliphatic heterocycles. The molecule has 0 unspecified atom stereocenters. The maximum atomic E-state index is 13.7. The molecule has 0 aliphatic carbocycles. The number of halogens is 2. The van der Waals surface area contributed by atoms with E-state index in [9.17, 15) is 9.18 Å². The first-order chi connectivity index (χ1) is 8.00. The molecular weight excluding hydrogens is 249 g/mol. The molecular formula is C11H7ClFNO3. The van der Waals surface area contributed by atoms with Gasteiger partial charge in [-0.05, 0) is 19.1 Å². The van der Waals surface area contributed by atoms with E-state index in [2.05, 4.69) is 4.98 Å². The van der Waals surface area contributed by atoms with Crippen molar-refractivity contribution in [2.24, 2.45) is 0 Å². The highest BCUT2D eigenvalue weighted by atomic mass is 35.5. The van der Waals surface area contributed by atoms with E-state index in [1.54, 1.807) is 0 Å². The fraction of sp³-hybridized carbons (Fsp3) is 0.0909. The van der Waals surface area contributed by atoms with Crippen LogP contribution in [0.25, 0.3) is 11.5 Å². The maximum absolute atomic E-state index is 13.7. The van der Waals surface area contributed by atoms with Crippen molar-refractivity contribution in [1.82, 2.24) is 4.98 Å². The summed E-state index contributed by atoms with van der Waals surface area (Å²) in [5.74, 6) is -2.34. The monoisotopic (exact) mass is 255 g/mol. The summed E-state index contributed by atoms with van der Waals surface area (Å²) in [7, 11) is 0. The fourth-order valence-corrected chi connectivity index (χ4v) is 1.55. The van der Waals surface area contributed by atoms with Crippen LogP contribution in [0.2, 0.25) is 5.02 Å². The molecule has 0 atom stereocenters. The van der Waals surface area contributed by atoms with Gasteiger partial charge in [0.1, 0.15) is 0 Å². The normalized spacial score (nSPS) is 10.5. The summed E-state index contributed by atoms with van der Waals surface area (Å²) >= 11 is 5.61. The molecule has 0 aliphatic rings. The number of aromatic nitrogens is 1. The molecule has 4 nitrogen and oxygen atoms in total. The summed E-state index contributed by atoms with van der Waals surface area (Å²) in [6.45, 7) is 1.47. The molecule has 0 fully saturated rings. The van der Waals surface area contributed by atoms with Crippen LogP contribution in [0.15, 0.2) is 22.6 Å². The molecule has 2 rings (SSSR count). The van der Waals surface area contributed by atoms with Crippen LogP contribution >= 0.6 is 11.6 Å². The Kier molecular flexibility index (Phi) is 2.85. The number of oxazole rings is 1. The van der Waals surface area contributed by atoms with E-state index in [1.807, 2.05) is 0 Å². The number of carboxylic acids is 1. The molecule has 0 saturated heterocycles. The average Bonchev–Trinajstić information content (AvgIpc) is 2.64. The first kappa shape index (κ1) is 11.6. The van der Waals surface area contributed by atoms with Gasteiger partial charge in [0.15, 0.2) is 5.82 Å². The number of nitrogens with zero attached hydrogens (tertiary/aromatic N) is 1. The van der Waals surface area contributed by atoms with Crippen LogP contribution in [-0.4, -0.2) is 16.1 Å². The standard InChI is InChI=1S/C11H7ClFNO3/c1-5-9(11(15)16)17-10(14-5)6-3-2-4-7(12)8(6)13/h2-4H,1H3,(H,15,16). The molecule has 6 heteroatoms. The van der Waals surface area contributed by atoms with Crippen LogP contribution in [0.4, 0.5) is 4.39 Å². The summed E-state index contributed by atoms with van der Waals surface area (Å²) in [4.78, 5) is 14.6. The van der Waals surface area contributed by atoms with Crippen molar-refractivity contribution in [1.29, 1.82) is 0 Å². The highest BCUT2D eigenvalue weighted by molar-refractivity contribution is 6.31. The lowest BCUT2D eigenvalue weighted by atomic mass is 10.2. The maximum Gasteiger partial charge on any atom is 0.373 e. The molecule has 2 aromatic rings. The van der Waals surface area contributed by atoms with Crippen LogP contribution in [0.5, 0.6) is 0 Å². The summed E-state index contributed by atoms with van der Waals surface area (Å²) in [5.41, 5.74) is 0.222. The van der Waals surface area contributed by atoms with Gasteiger partial charge in [-0.3, -0.25) is 0 Å². The van der Waals surface area contributed by atoms with Crippen LogP contribution in [0, 0.1) is 12.7 Å². The van der Waals surface area contributed by atoms with Crippen LogP contribution < -0.4 is 0 Å². The second-order valence-electron chi connectivity index (χ2n) is 3.34.